The molecule has 14 heteroatoms. The van der Waals surface area contributed by atoms with E-state index in [1.54, 1.807) is 48.5 Å². The number of nitrogens with zero attached hydrogens (tertiary/aromatic N) is 3. The van der Waals surface area contributed by atoms with Crippen LogP contribution in [0.3, 0.4) is 0 Å². The summed E-state index contributed by atoms with van der Waals surface area (Å²) in [5.41, 5.74) is 7.56. The lowest BCUT2D eigenvalue weighted by Crippen LogP contribution is -2.54. The standard InChI is InChI=1S/C47H36BrCl2N5O6/c48-43-3-1-2-35(52-43)25-55-24-34-22-42-39(53-46(57)44(61-42)32-13-15-36(16-14-32)60-26-29-8-17-37(49)38(50)18-29)20-33(34)21-41(55)45(56)54-40(47(58)59)19-27-4-9-30(10-5-27)31-11-6-28(23-51)7-12-31/h1-18,20,22,40-41,44H,19,21,24-26H2,(H,53,57)(H,54,56)(H,58,59)/t40?,41-,44-/m0/s1. The molecule has 2 aliphatic rings. The maximum Gasteiger partial charge on any atom is 0.326 e. The van der Waals surface area contributed by atoms with Crippen molar-refractivity contribution in [3.63, 3.8) is 0 Å². The molecule has 3 N–H and O–H groups in total. The number of nitrogens with one attached hydrogen (secondary N) is 2. The van der Waals surface area contributed by atoms with Crippen molar-refractivity contribution in [3.05, 3.63) is 175 Å². The fraction of sp³-hybridized carbons (Fsp3) is 0.170. The minimum atomic E-state index is -1.20. The average molecular weight is 918 g/mol. The molecule has 8 rings (SSSR count). The Kier molecular flexibility index (Phi) is 12.4. The zero-order chi connectivity index (χ0) is 42.6. The number of carbonyl (C=O) groups is 3. The topological polar surface area (TPSA) is 154 Å². The highest BCUT2D eigenvalue weighted by Crippen LogP contribution is 2.40. The van der Waals surface area contributed by atoms with Crippen LogP contribution < -0.4 is 20.1 Å². The van der Waals surface area contributed by atoms with E-state index in [0.717, 1.165) is 39.1 Å². The van der Waals surface area contributed by atoms with Crippen molar-refractivity contribution in [3.8, 4) is 28.7 Å². The van der Waals surface area contributed by atoms with Crippen LogP contribution >= 0.6 is 39.1 Å². The number of benzene rings is 5. The molecule has 5 aromatic carbocycles. The van der Waals surface area contributed by atoms with Crippen molar-refractivity contribution in [2.45, 2.75) is 50.7 Å². The van der Waals surface area contributed by atoms with E-state index in [0.29, 0.717) is 56.1 Å². The second-order valence-corrected chi connectivity index (χ2v) is 16.4. The number of aromatic nitrogens is 1. The molecule has 1 aromatic heterocycles. The third kappa shape index (κ3) is 9.72. The summed E-state index contributed by atoms with van der Waals surface area (Å²) in [6.07, 6.45) is -0.603. The molecule has 3 atom stereocenters. The summed E-state index contributed by atoms with van der Waals surface area (Å²) in [6, 6.07) is 36.5. The number of halogens is 3. The zero-order valence-corrected chi connectivity index (χ0v) is 35.4. The monoisotopic (exact) mass is 915 g/mol. The van der Waals surface area contributed by atoms with E-state index in [1.165, 1.54) is 0 Å². The number of nitriles is 1. The SMILES string of the molecule is N#Cc1ccc(-c2ccc(CC(NC(=O)[C@@H]3Cc4cc5c(cc4CN3Cc3cccc(Br)n3)O[C@@H](c3ccc(OCc4ccc(Cl)c(Cl)c4)cc3)C(=O)N5)C(=O)O)cc2)cc1. The van der Waals surface area contributed by atoms with E-state index < -0.39 is 30.1 Å². The van der Waals surface area contributed by atoms with Crippen LogP contribution in [0, 0.1) is 11.3 Å². The second-order valence-electron chi connectivity index (χ2n) is 14.8. The van der Waals surface area contributed by atoms with Crippen LogP contribution in [0.25, 0.3) is 11.1 Å². The van der Waals surface area contributed by atoms with Gasteiger partial charge in [-0.25, -0.2) is 9.78 Å². The van der Waals surface area contributed by atoms with Gasteiger partial charge >= 0.3 is 5.97 Å². The first kappa shape index (κ1) is 41.5. The molecule has 0 aliphatic carbocycles. The largest absolute Gasteiger partial charge is 0.489 e. The van der Waals surface area contributed by atoms with E-state index in [1.807, 2.05) is 77.7 Å². The Labute approximate surface area is 370 Å². The minimum absolute atomic E-state index is 0.0672. The molecule has 0 saturated carbocycles. The highest BCUT2D eigenvalue weighted by atomic mass is 79.9. The molecule has 306 valence electrons. The first-order valence-electron chi connectivity index (χ1n) is 19.3. The third-order valence-corrected chi connectivity index (χ3v) is 11.8. The maximum absolute atomic E-state index is 14.2. The number of amides is 2. The Morgan fingerprint density at radius 3 is 2.34 bits per heavy atom. The van der Waals surface area contributed by atoms with Crippen LogP contribution in [0.15, 0.2) is 126 Å². The molecular weight excluding hydrogens is 881 g/mol. The molecule has 3 heterocycles. The smallest absolute Gasteiger partial charge is 0.326 e. The lowest BCUT2D eigenvalue weighted by atomic mass is 9.91. The molecular formula is C47H36BrCl2N5O6. The Morgan fingerprint density at radius 2 is 1.66 bits per heavy atom. The van der Waals surface area contributed by atoms with E-state index in [-0.39, 0.29) is 25.4 Å². The number of fused-ring (bicyclic) bond motifs is 2. The van der Waals surface area contributed by atoms with Gasteiger partial charge in [0.1, 0.15) is 28.8 Å². The number of pyridine rings is 1. The van der Waals surface area contributed by atoms with Crippen molar-refractivity contribution in [2.75, 3.05) is 5.32 Å². The number of rotatable bonds is 12. The maximum atomic E-state index is 14.2. The lowest BCUT2D eigenvalue weighted by Gasteiger charge is -2.37. The summed E-state index contributed by atoms with van der Waals surface area (Å²) in [7, 11) is 0. The van der Waals surface area contributed by atoms with E-state index in [4.69, 9.17) is 37.9 Å². The first-order chi connectivity index (χ1) is 29.5. The van der Waals surface area contributed by atoms with Crippen LogP contribution in [0.1, 0.15) is 45.2 Å². The first-order valence-corrected chi connectivity index (χ1v) is 20.8. The van der Waals surface area contributed by atoms with E-state index >= 15 is 0 Å². The van der Waals surface area contributed by atoms with Crippen molar-refractivity contribution in [1.29, 1.82) is 5.26 Å². The van der Waals surface area contributed by atoms with Crippen molar-refractivity contribution < 1.29 is 29.0 Å². The number of hydrogen-bond donors (Lipinski definition) is 3. The number of ether oxygens (including phenoxy) is 2. The minimum Gasteiger partial charge on any atom is -0.489 e. The average Bonchev–Trinajstić information content (AvgIpc) is 3.26. The lowest BCUT2D eigenvalue weighted by molar-refractivity contribution is -0.142. The summed E-state index contributed by atoms with van der Waals surface area (Å²) >= 11 is 15.6. The van der Waals surface area contributed by atoms with E-state index in [9.17, 15) is 19.5 Å². The van der Waals surface area contributed by atoms with Crippen LogP contribution in [0.2, 0.25) is 10.0 Å². The summed E-state index contributed by atoms with van der Waals surface area (Å²) < 4.78 is 12.9. The molecule has 61 heavy (non-hydrogen) atoms. The number of carboxylic acid groups (broad SMARTS) is 1. The number of anilines is 1. The molecule has 6 aromatic rings. The van der Waals surface area contributed by atoms with Crippen molar-refractivity contribution in [1.82, 2.24) is 15.2 Å². The van der Waals surface area contributed by atoms with Gasteiger partial charge in [0, 0.05) is 25.1 Å². The van der Waals surface area contributed by atoms with Gasteiger partial charge in [-0.1, -0.05) is 83.9 Å². The molecule has 1 unspecified atom stereocenters. The predicted octanol–water partition coefficient (Wildman–Crippen LogP) is 9.08. The predicted molar refractivity (Wildman–Crippen MR) is 234 cm³/mol. The van der Waals surface area contributed by atoms with Gasteiger partial charge in [0.2, 0.25) is 12.0 Å². The second kappa shape index (κ2) is 18.2. The van der Waals surface area contributed by atoms with Crippen LogP contribution in [0.5, 0.6) is 11.5 Å². The van der Waals surface area contributed by atoms with Crippen LogP contribution in [-0.2, 0) is 46.9 Å². The van der Waals surface area contributed by atoms with Crippen LogP contribution in [-0.4, -0.2) is 44.9 Å². The number of hydrogen-bond acceptors (Lipinski definition) is 8. The fourth-order valence-corrected chi connectivity index (χ4v) is 8.14. The molecule has 2 amide bonds. The highest BCUT2D eigenvalue weighted by molar-refractivity contribution is 9.10. The summed E-state index contributed by atoms with van der Waals surface area (Å²) in [6.45, 7) is 0.919. The molecule has 0 saturated heterocycles. The normalized spacial score (nSPS) is 16.2. The summed E-state index contributed by atoms with van der Waals surface area (Å²) in [5, 5.41) is 26.1. The molecule has 0 fully saturated rings. The number of aliphatic carboxylic acids is 1. The zero-order valence-electron chi connectivity index (χ0n) is 32.3. The molecule has 0 radical (unpaired) electrons. The van der Waals surface area contributed by atoms with Gasteiger partial charge in [-0.2, -0.15) is 5.26 Å². The summed E-state index contributed by atoms with van der Waals surface area (Å²) in [4.78, 5) is 46.8. The Morgan fingerprint density at radius 1 is 0.934 bits per heavy atom. The third-order valence-electron chi connectivity index (χ3n) is 10.6. The van der Waals surface area contributed by atoms with Crippen LogP contribution in [0.4, 0.5) is 5.69 Å². The van der Waals surface area contributed by atoms with Gasteiger partial charge in [-0.05, 0) is 116 Å². The fourth-order valence-electron chi connectivity index (χ4n) is 7.44. The van der Waals surface area contributed by atoms with Crippen molar-refractivity contribution in [2.24, 2.45) is 0 Å². The number of carboxylic acids is 1. The van der Waals surface area contributed by atoms with Gasteiger partial charge in [0.25, 0.3) is 5.91 Å². The van der Waals surface area contributed by atoms with Gasteiger partial charge in [0.05, 0.1) is 39.1 Å². The van der Waals surface area contributed by atoms with Gasteiger partial charge in [0.15, 0.2) is 0 Å². The quantitative estimate of drug-likeness (QED) is 0.102. The molecule has 0 spiro atoms. The van der Waals surface area contributed by atoms with Gasteiger partial charge in [-0.3, -0.25) is 14.5 Å². The van der Waals surface area contributed by atoms with Crippen molar-refractivity contribution >= 4 is 62.6 Å². The molecule has 2 aliphatic heterocycles. The Bertz CT molecular complexity index is 2670. The van der Waals surface area contributed by atoms with Gasteiger partial charge in [-0.15, -0.1) is 0 Å². The Hall–Kier alpha value is -6.23. The molecule has 0 bridgehead atoms. The van der Waals surface area contributed by atoms with Gasteiger partial charge < -0.3 is 25.2 Å². The molecule has 11 nitrogen and oxygen atoms in total. The van der Waals surface area contributed by atoms with E-state index in [2.05, 4.69) is 37.6 Å². The Balaban J connectivity index is 0.982. The highest BCUT2D eigenvalue weighted by Gasteiger charge is 2.37. The summed E-state index contributed by atoms with van der Waals surface area (Å²) in [5.74, 6) is -0.857. The number of carbonyl (C=O) groups excluding carboxylic acids is 2.